The second-order valence-electron chi connectivity index (χ2n) is 9.09. The van der Waals surface area contributed by atoms with Gasteiger partial charge in [-0.25, -0.2) is 9.37 Å². The van der Waals surface area contributed by atoms with Gasteiger partial charge in [-0.05, 0) is 41.0 Å². The summed E-state index contributed by atoms with van der Waals surface area (Å²) in [5.74, 6) is -1.51. The van der Waals surface area contributed by atoms with E-state index in [9.17, 15) is 15.0 Å². The molecule has 0 saturated carbocycles. The zero-order valence-corrected chi connectivity index (χ0v) is 21.0. The molecule has 1 fully saturated rings. The molecule has 5 rings (SSSR count). The SMILES string of the molecule is CCC(CNc1nc(N2CCNCC2)c2cc(Cl)c(-c3cc(O)cc4ccccc34)c(F)c2n1)C(=O)O. The van der Waals surface area contributed by atoms with Crippen molar-refractivity contribution in [2.45, 2.75) is 13.3 Å². The largest absolute Gasteiger partial charge is 0.508 e. The maximum absolute atomic E-state index is 16.4. The van der Waals surface area contributed by atoms with E-state index in [4.69, 9.17) is 11.6 Å². The highest BCUT2D eigenvalue weighted by Gasteiger charge is 2.24. The summed E-state index contributed by atoms with van der Waals surface area (Å²) in [7, 11) is 0. The number of aromatic nitrogens is 2. The number of hydrogen-bond acceptors (Lipinski definition) is 7. The smallest absolute Gasteiger partial charge is 0.308 e. The quantitative estimate of drug-likeness (QED) is 0.271. The first kappa shape index (κ1) is 25.0. The van der Waals surface area contributed by atoms with E-state index >= 15 is 4.39 Å². The van der Waals surface area contributed by atoms with Gasteiger partial charge < -0.3 is 25.7 Å². The summed E-state index contributed by atoms with van der Waals surface area (Å²) < 4.78 is 16.4. The Morgan fingerprint density at radius 2 is 1.95 bits per heavy atom. The number of anilines is 2. The molecule has 8 nitrogen and oxygen atoms in total. The van der Waals surface area contributed by atoms with Crippen molar-refractivity contribution < 1.29 is 19.4 Å². The van der Waals surface area contributed by atoms with E-state index in [-0.39, 0.29) is 34.3 Å². The van der Waals surface area contributed by atoms with Gasteiger partial charge in [-0.15, -0.1) is 0 Å². The predicted molar refractivity (Wildman–Crippen MR) is 144 cm³/mol. The van der Waals surface area contributed by atoms with Crippen molar-refractivity contribution in [2.75, 3.05) is 42.9 Å². The number of halogens is 2. The van der Waals surface area contributed by atoms with Crippen LogP contribution in [0.3, 0.4) is 0 Å². The second-order valence-corrected chi connectivity index (χ2v) is 9.50. The summed E-state index contributed by atoms with van der Waals surface area (Å²) in [6.07, 6.45) is 0.430. The Morgan fingerprint density at radius 3 is 2.68 bits per heavy atom. The van der Waals surface area contributed by atoms with Gasteiger partial charge in [0, 0.05) is 43.7 Å². The van der Waals surface area contributed by atoms with Gasteiger partial charge >= 0.3 is 5.97 Å². The molecule has 10 heteroatoms. The van der Waals surface area contributed by atoms with Crippen molar-refractivity contribution in [3.63, 3.8) is 0 Å². The molecule has 37 heavy (non-hydrogen) atoms. The van der Waals surface area contributed by atoms with E-state index in [1.165, 1.54) is 6.07 Å². The number of benzene rings is 3. The molecule has 1 unspecified atom stereocenters. The number of nitrogens with one attached hydrogen (secondary N) is 2. The maximum Gasteiger partial charge on any atom is 0.308 e. The van der Waals surface area contributed by atoms with E-state index in [1.807, 2.05) is 29.2 Å². The van der Waals surface area contributed by atoms with Crippen LogP contribution in [0.15, 0.2) is 42.5 Å². The van der Waals surface area contributed by atoms with E-state index in [2.05, 4.69) is 20.6 Å². The summed E-state index contributed by atoms with van der Waals surface area (Å²) in [6.45, 7) is 4.72. The number of aliphatic carboxylic acids is 1. The van der Waals surface area contributed by atoms with Crippen LogP contribution in [0.4, 0.5) is 16.2 Å². The monoisotopic (exact) mass is 523 g/mol. The Labute approximate surface area is 218 Å². The first-order chi connectivity index (χ1) is 17.9. The van der Waals surface area contributed by atoms with Crippen LogP contribution in [0.1, 0.15) is 13.3 Å². The standard InChI is InChI=1S/C27H27ClFN5O3/c1-2-15(26(36)37)14-31-27-32-24-20(25(33-27)34-9-7-30-8-10-34)13-21(28)22(23(24)29)19-12-17(35)11-16-5-3-4-6-18(16)19/h3-6,11-13,15,30,35H,2,7-10,14H2,1H3,(H,36,37)(H,31,32,33). The number of carboxylic acid groups (broad SMARTS) is 1. The fourth-order valence-electron chi connectivity index (χ4n) is 4.75. The number of carboxylic acids is 1. The first-order valence-corrected chi connectivity index (χ1v) is 12.6. The summed E-state index contributed by atoms with van der Waals surface area (Å²) in [6, 6.07) is 12.1. The number of carbonyl (C=O) groups is 1. The van der Waals surface area contributed by atoms with Crippen molar-refractivity contribution in [1.29, 1.82) is 0 Å². The summed E-state index contributed by atoms with van der Waals surface area (Å²) in [5, 5.41) is 28.2. The minimum atomic E-state index is -0.922. The number of fused-ring (bicyclic) bond motifs is 2. The van der Waals surface area contributed by atoms with Crippen LogP contribution in [0, 0.1) is 11.7 Å². The third kappa shape index (κ3) is 4.84. The number of hydrogen-bond donors (Lipinski definition) is 4. The molecule has 0 amide bonds. The van der Waals surface area contributed by atoms with Crippen molar-refractivity contribution in [3.05, 3.63) is 53.3 Å². The molecule has 4 N–H and O–H groups in total. The topological polar surface area (TPSA) is 111 Å². The molecule has 0 radical (unpaired) electrons. The summed E-state index contributed by atoms with van der Waals surface area (Å²) in [4.78, 5) is 22.7. The van der Waals surface area contributed by atoms with Crippen LogP contribution in [0.5, 0.6) is 5.75 Å². The lowest BCUT2D eigenvalue weighted by Gasteiger charge is -2.30. The second kappa shape index (κ2) is 10.4. The molecule has 192 valence electrons. The van der Waals surface area contributed by atoms with Gasteiger partial charge in [-0.2, -0.15) is 4.98 Å². The molecule has 0 spiro atoms. The average Bonchev–Trinajstić information content (AvgIpc) is 2.89. The molecule has 0 aliphatic carbocycles. The lowest BCUT2D eigenvalue weighted by Crippen LogP contribution is -2.44. The van der Waals surface area contributed by atoms with Gasteiger partial charge in [0.05, 0.1) is 10.9 Å². The van der Waals surface area contributed by atoms with E-state index in [1.54, 1.807) is 19.1 Å². The molecule has 1 aliphatic heterocycles. The van der Waals surface area contributed by atoms with Gasteiger partial charge in [0.1, 0.15) is 17.1 Å². The predicted octanol–water partition coefficient (Wildman–Crippen LogP) is 4.88. The molecule has 1 aliphatic rings. The lowest BCUT2D eigenvalue weighted by molar-refractivity contribution is -0.141. The molecular formula is C27H27ClFN5O3. The zero-order chi connectivity index (χ0) is 26.1. The Morgan fingerprint density at radius 1 is 1.19 bits per heavy atom. The minimum Gasteiger partial charge on any atom is -0.508 e. The van der Waals surface area contributed by atoms with Crippen LogP contribution in [-0.2, 0) is 4.79 Å². The van der Waals surface area contributed by atoms with Crippen LogP contribution >= 0.6 is 11.6 Å². The zero-order valence-electron chi connectivity index (χ0n) is 20.3. The molecule has 1 aromatic heterocycles. The van der Waals surface area contributed by atoms with Crippen LogP contribution < -0.4 is 15.5 Å². The summed E-state index contributed by atoms with van der Waals surface area (Å²) >= 11 is 6.71. The summed E-state index contributed by atoms with van der Waals surface area (Å²) in [5.41, 5.74) is 0.657. The number of phenolic OH excluding ortho intramolecular Hbond substituents is 1. The highest BCUT2D eigenvalue weighted by atomic mass is 35.5. The molecule has 0 bridgehead atoms. The third-order valence-electron chi connectivity index (χ3n) is 6.74. The van der Waals surface area contributed by atoms with Crippen LogP contribution in [0.25, 0.3) is 32.8 Å². The molecular weight excluding hydrogens is 497 g/mol. The number of piperazine rings is 1. The Bertz CT molecular complexity index is 1490. The van der Waals surface area contributed by atoms with Crippen LogP contribution in [0.2, 0.25) is 5.02 Å². The Hall–Kier alpha value is -3.69. The number of nitrogens with zero attached hydrogens (tertiary/aromatic N) is 3. The molecule has 1 atom stereocenters. The van der Waals surface area contributed by atoms with Gasteiger partial charge in [-0.3, -0.25) is 4.79 Å². The van der Waals surface area contributed by atoms with Crippen molar-refractivity contribution in [3.8, 4) is 16.9 Å². The molecule has 2 heterocycles. The average molecular weight is 524 g/mol. The Kier molecular flexibility index (Phi) is 6.99. The third-order valence-corrected chi connectivity index (χ3v) is 7.04. The van der Waals surface area contributed by atoms with Gasteiger partial charge in [0.15, 0.2) is 5.82 Å². The minimum absolute atomic E-state index is 0.00455. The highest BCUT2D eigenvalue weighted by Crippen LogP contribution is 2.42. The van der Waals surface area contributed by atoms with Gasteiger partial charge in [0.2, 0.25) is 5.95 Å². The van der Waals surface area contributed by atoms with Crippen molar-refractivity contribution in [2.24, 2.45) is 5.92 Å². The van der Waals surface area contributed by atoms with Crippen molar-refractivity contribution >= 4 is 51.0 Å². The fourth-order valence-corrected chi connectivity index (χ4v) is 5.04. The van der Waals surface area contributed by atoms with Crippen LogP contribution in [-0.4, -0.2) is 58.9 Å². The first-order valence-electron chi connectivity index (χ1n) is 12.2. The molecule has 4 aromatic rings. The van der Waals surface area contributed by atoms with Crippen molar-refractivity contribution in [1.82, 2.24) is 15.3 Å². The Balaban J connectivity index is 1.71. The maximum atomic E-state index is 16.4. The van der Waals surface area contributed by atoms with Gasteiger partial charge in [0.25, 0.3) is 0 Å². The van der Waals surface area contributed by atoms with E-state index in [0.29, 0.717) is 36.3 Å². The lowest BCUT2D eigenvalue weighted by atomic mass is 9.96. The number of phenols is 1. The number of aromatic hydroxyl groups is 1. The molecule has 1 saturated heterocycles. The normalized spacial score (nSPS) is 14.7. The molecule has 3 aromatic carbocycles. The van der Waals surface area contributed by atoms with Gasteiger partial charge in [-0.1, -0.05) is 42.8 Å². The number of rotatable bonds is 7. The van der Waals surface area contributed by atoms with E-state index in [0.717, 1.165) is 23.9 Å². The van der Waals surface area contributed by atoms with E-state index < -0.39 is 17.7 Å². The highest BCUT2D eigenvalue weighted by molar-refractivity contribution is 6.35. The fraction of sp³-hybridized carbons (Fsp3) is 0.296.